The van der Waals surface area contributed by atoms with Gasteiger partial charge in [-0.25, -0.2) is 0 Å². The van der Waals surface area contributed by atoms with E-state index in [1.54, 1.807) is 0 Å². The summed E-state index contributed by atoms with van der Waals surface area (Å²) in [6, 6.07) is 10.8. The summed E-state index contributed by atoms with van der Waals surface area (Å²) in [5, 5.41) is 10.9. The molecule has 6 nitrogen and oxygen atoms in total. The van der Waals surface area contributed by atoms with E-state index in [4.69, 9.17) is 9.47 Å². The van der Waals surface area contributed by atoms with Crippen molar-refractivity contribution >= 4 is 21.6 Å². The molecule has 0 spiro atoms. The van der Waals surface area contributed by atoms with Crippen molar-refractivity contribution in [2.45, 2.75) is 6.61 Å². The van der Waals surface area contributed by atoms with Crippen LogP contribution in [-0.2, 0) is 6.61 Å². The van der Waals surface area contributed by atoms with Gasteiger partial charge in [0.1, 0.15) is 6.61 Å². The van der Waals surface area contributed by atoms with Crippen LogP contribution in [0.15, 0.2) is 41.0 Å². The molecule has 0 aliphatic heterocycles. The van der Waals surface area contributed by atoms with Gasteiger partial charge >= 0.3 is 5.69 Å². The van der Waals surface area contributed by atoms with Crippen LogP contribution in [0.25, 0.3) is 0 Å². The van der Waals surface area contributed by atoms with Gasteiger partial charge in [-0.3, -0.25) is 10.1 Å². The molecule has 2 rings (SSSR count). The molecule has 0 aliphatic rings. The average Bonchev–Trinajstić information content (AvgIpc) is 2.46. The number of halogens is 1. The van der Waals surface area contributed by atoms with Crippen molar-refractivity contribution < 1.29 is 14.4 Å². The second-order valence-corrected chi connectivity index (χ2v) is 4.59. The maximum absolute atomic E-state index is 10.9. The van der Waals surface area contributed by atoms with Crippen molar-refractivity contribution in [3.8, 4) is 11.6 Å². The molecular formula is C13H11BrN2O4. The lowest BCUT2D eigenvalue weighted by atomic mass is 10.2. The standard InChI is InChI=1S/C13H11BrN2O4/c1-19-13-11(7-10(16(17)18)12(14)15-13)20-8-9-5-3-2-4-6-9/h2-7H,8H2,1H3. The summed E-state index contributed by atoms with van der Waals surface area (Å²) in [6.45, 7) is 0.275. The van der Waals surface area contributed by atoms with Gasteiger partial charge < -0.3 is 9.47 Å². The third-order valence-corrected chi connectivity index (χ3v) is 3.10. The van der Waals surface area contributed by atoms with E-state index in [1.165, 1.54) is 13.2 Å². The Morgan fingerprint density at radius 3 is 2.65 bits per heavy atom. The summed E-state index contributed by atoms with van der Waals surface area (Å²) in [5.41, 5.74) is 0.772. The lowest BCUT2D eigenvalue weighted by molar-refractivity contribution is -0.386. The molecule has 7 heteroatoms. The quantitative estimate of drug-likeness (QED) is 0.474. The van der Waals surface area contributed by atoms with Crippen LogP contribution in [0.4, 0.5) is 5.69 Å². The molecule has 0 radical (unpaired) electrons. The highest BCUT2D eigenvalue weighted by Gasteiger charge is 2.19. The minimum atomic E-state index is -0.536. The monoisotopic (exact) mass is 338 g/mol. The molecule has 0 bridgehead atoms. The first-order valence-corrected chi connectivity index (χ1v) is 6.46. The van der Waals surface area contributed by atoms with Crippen molar-refractivity contribution in [3.63, 3.8) is 0 Å². The van der Waals surface area contributed by atoms with E-state index in [2.05, 4.69) is 20.9 Å². The van der Waals surface area contributed by atoms with Gasteiger partial charge in [0.2, 0.25) is 0 Å². The topological polar surface area (TPSA) is 74.5 Å². The van der Waals surface area contributed by atoms with Gasteiger partial charge in [-0.05, 0) is 21.5 Å². The maximum atomic E-state index is 10.9. The van der Waals surface area contributed by atoms with E-state index < -0.39 is 4.92 Å². The molecule has 0 unspecified atom stereocenters. The molecule has 104 valence electrons. The number of hydrogen-bond donors (Lipinski definition) is 0. The number of methoxy groups -OCH3 is 1. The first kappa shape index (κ1) is 14.3. The van der Waals surface area contributed by atoms with E-state index in [9.17, 15) is 10.1 Å². The molecule has 0 saturated carbocycles. The fraction of sp³-hybridized carbons (Fsp3) is 0.154. The van der Waals surface area contributed by atoms with Gasteiger partial charge in [0.25, 0.3) is 5.88 Å². The molecule has 0 aliphatic carbocycles. The molecule has 0 atom stereocenters. The van der Waals surface area contributed by atoms with Gasteiger partial charge in [-0.2, -0.15) is 4.98 Å². The van der Waals surface area contributed by atoms with Crippen molar-refractivity contribution in [1.29, 1.82) is 0 Å². The molecule has 0 fully saturated rings. The molecule has 2 aromatic rings. The predicted octanol–water partition coefficient (Wildman–Crippen LogP) is 3.34. The third-order valence-electron chi connectivity index (χ3n) is 2.52. The van der Waals surface area contributed by atoms with Gasteiger partial charge in [0.15, 0.2) is 10.4 Å². The molecule has 1 aromatic carbocycles. The first-order valence-electron chi connectivity index (χ1n) is 5.67. The second kappa shape index (κ2) is 6.33. The van der Waals surface area contributed by atoms with E-state index in [0.717, 1.165) is 5.56 Å². The zero-order chi connectivity index (χ0) is 14.5. The Kier molecular flexibility index (Phi) is 4.52. The Labute approximate surface area is 123 Å². The first-order chi connectivity index (χ1) is 9.61. The van der Waals surface area contributed by atoms with E-state index >= 15 is 0 Å². The van der Waals surface area contributed by atoms with Crippen LogP contribution in [0, 0.1) is 10.1 Å². The highest BCUT2D eigenvalue weighted by atomic mass is 79.9. The zero-order valence-corrected chi connectivity index (χ0v) is 12.2. The van der Waals surface area contributed by atoms with Gasteiger partial charge in [-0.1, -0.05) is 30.3 Å². The van der Waals surface area contributed by atoms with Gasteiger partial charge in [0.05, 0.1) is 18.1 Å². The predicted molar refractivity (Wildman–Crippen MR) is 75.9 cm³/mol. The number of benzene rings is 1. The Hall–Kier alpha value is -2.15. The Morgan fingerprint density at radius 2 is 2.05 bits per heavy atom. The third kappa shape index (κ3) is 3.24. The van der Waals surface area contributed by atoms with Crippen molar-refractivity contribution in [2.24, 2.45) is 0 Å². The molecule has 20 heavy (non-hydrogen) atoms. The van der Waals surface area contributed by atoms with Crippen molar-refractivity contribution in [2.75, 3.05) is 7.11 Å². The highest BCUT2D eigenvalue weighted by Crippen LogP contribution is 2.34. The van der Waals surface area contributed by atoms with Crippen LogP contribution in [0.5, 0.6) is 11.6 Å². The fourth-order valence-corrected chi connectivity index (χ4v) is 1.98. The molecule has 0 amide bonds. The number of hydrogen-bond acceptors (Lipinski definition) is 5. The van der Waals surface area contributed by atoms with Crippen LogP contribution in [0.1, 0.15) is 5.56 Å². The summed E-state index contributed by atoms with van der Waals surface area (Å²) in [5.74, 6) is 0.421. The molecule has 0 N–H and O–H groups in total. The fourth-order valence-electron chi connectivity index (χ4n) is 1.56. The number of nitro groups is 1. The number of rotatable bonds is 5. The Bertz CT molecular complexity index is 619. The average molecular weight is 339 g/mol. The van der Waals surface area contributed by atoms with Gasteiger partial charge in [-0.15, -0.1) is 0 Å². The number of aromatic nitrogens is 1. The van der Waals surface area contributed by atoms with E-state index in [0.29, 0.717) is 0 Å². The Morgan fingerprint density at radius 1 is 1.35 bits per heavy atom. The summed E-state index contributed by atoms with van der Waals surface area (Å²) in [7, 11) is 1.43. The SMILES string of the molecule is COc1nc(Br)c([N+](=O)[O-])cc1OCc1ccccc1. The maximum Gasteiger partial charge on any atom is 0.305 e. The van der Waals surface area contributed by atoms with Crippen LogP contribution >= 0.6 is 15.9 Å². The molecule has 0 saturated heterocycles. The molecular weight excluding hydrogens is 328 g/mol. The lowest BCUT2D eigenvalue weighted by Crippen LogP contribution is -2.01. The van der Waals surface area contributed by atoms with E-state index in [1.807, 2.05) is 30.3 Å². The lowest BCUT2D eigenvalue weighted by Gasteiger charge is -2.10. The minimum absolute atomic E-state index is 0.103. The number of pyridine rings is 1. The van der Waals surface area contributed by atoms with Crippen LogP contribution in [0.3, 0.4) is 0 Å². The molecule has 1 heterocycles. The van der Waals surface area contributed by atoms with Crippen molar-refractivity contribution in [3.05, 3.63) is 56.7 Å². The van der Waals surface area contributed by atoms with Gasteiger partial charge in [0, 0.05) is 0 Å². The Balaban J connectivity index is 2.25. The van der Waals surface area contributed by atoms with E-state index in [-0.39, 0.29) is 28.5 Å². The van der Waals surface area contributed by atoms with Crippen molar-refractivity contribution in [1.82, 2.24) is 4.98 Å². The summed E-state index contributed by atoms with van der Waals surface area (Å²) in [6.07, 6.45) is 0. The highest BCUT2D eigenvalue weighted by molar-refractivity contribution is 9.10. The second-order valence-electron chi connectivity index (χ2n) is 3.84. The van der Waals surface area contributed by atoms with Crippen LogP contribution < -0.4 is 9.47 Å². The van der Waals surface area contributed by atoms with Crippen LogP contribution in [0.2, 0.25) is 0 Å². The summed E-state index contributed by atoms with van der Waals surface area (Å²) in [4.78, 5) is 14.3. The number of ether oxygens (including phenoxy) is 2. The smallest absolute Gasteiger partial charge is 0.305 e. The molecule has 1 aromatic heterocycles. The van der Waals surface area contributed by atoms with Crippen LogP contribution in [-0.4, -0.2) is 17.0 Å². The largest absolute Gasteiger partial charge is 0.483 e. The minimum Gasteiger partial charge on any atom is -0.483 e. The normalized spacial score (nSPS) is 10.1. The summed E-state index contributed by atoms with van der Waals surface area (Å²) < 4.78 is 10.7. The zero-order valence-electron chi connectivity index (χ0n) is 10.6. The summed E-state index contributed by atoms with van der Waals surface area (Å²) >= 11 is 3.03. The number of nitrogens with zero attached hydrogens (tertiary/aromatic N) is 2.